The molecule has 5 nitrogen and oxygen atoms in total. The van der Waals surface area contributed by atoms with Crippen LogP contribution < -0.4 is 0 Å². The highest BCUT2D eigenvalue weighted by atomic mass is 16.6. The molecule has 1 fully saturated rings. The minimum Gasteiger partial charge on any atom is -0.444 e. The third-order valence-electron chi connectivity index (χ3n) is 3.56. The number of amides is 1. The smallest absolute Gasteiger partial charge is 0.410 e. The average Bonchev–Trinajstić information content (AvgIpc) is 2.73. The SMILES string of the molecule is Cc1cnc(C2C(C)CCCN2C(=O)OC(C)(C)C)[nH]1. The van der Waals surface area contributed by atoms with Gasteiger partial charge in [-0.25, -0.2) is 9.78 Å². The fraction of sp³-hybridized carbons (Fsp3) is 0.733. The monoisotopic (exact) mass is 279 g/mol. The molecule has 2 heterocycles. The molecule has 0 bridgehead atoms. The van der Waals surface area contributed by atoms with Gasteiger partial charge in [0.15, 0.2) is 0 Å². The van der Waals surface area contributed by atoms with E-state index in [0.717, 1.165) is 30.9 Å². The van der Waals surface area contributed by atoms with E-state index in [-0.39, 0.29) is 12.1 Å². The lowest BCUT2D eigenvalue weighted by Crippen LogP contribution is -2.45. The Hall–Kier alpha value is -1.52. The van der Waals surface area contributed by atoms with Crippen molar-refractivity contribution < 1.29 is 9.53 Å². The van der Waals surface area contributed by atoms with Gasteiger partial charge in [-0.2, -0.15) is 0 Å². The van der Waals surface area contributed by atoms with Crippen LogP contribution in [0.2, 0.25) is 0 Å². The van der Waals surface area contributed by atoms with Crippen LogP contribution in [0.1, 0.15) is 58.1 Å². The summed E-state index contributed by atoms with van der Waals surface area (Å²) in [5.74, 6) is 1.24. The normalized spacial score (nSPS) is 23.8. The molecule has 1 aliphatic rings. The summed E-state index contributed by atoms with van der Waals surface area (Å²) in [5, 5.41) is 0. The Morgan fingerprint density at radius 3 is 2.75 bits per heavy atom. The van der Waals surface area contributed by atoms with Gasteiger partial charge in [-0.15, -0.1) is 0 Å². The van der Waals surface area contributed by atoms with Crippen LogP contribution in [-0.2, 0) is 4.74 Å². The van der Waals surface area contributed by atoms with Gasteiger partial charge >= 0.3 is 6.09 Å². The lowest BCUT2D eigenvalue weighted by Gasteiger charge is -2.39. The molecular formula is C15H25N3O2. The van der Waals surface area contributed by atoms with Gasteiger partial charge in [-0.05, 0) is 46.5 Å². The first-order valence-corrected chi connectivity index (χ1v) is 7.29. The standard InChI is InChI=1S/C15H25N3O2/c1-10-7-6-8-18(14(19)20-15(3,4)5)12(10)13-16-9-11(2)17-13/h9-10,12H,6-8H2,1-5H3,(H,16,17). The number of ether oxygens (including phenoxy) is 1. The molecule has 112 valence electrons. The molecule has 20 heavy (non-hydrogen) atoms. The van der Waals surface area contributed by atoms with Crippen LogP contribution in [0, 0.1) is 12.8 Å². The highest BCUT2D eigenvalue weighted by Crippen LogP contribution is 2.35. The predicted octanol–water partition coefficient (Wildman–Crippen LogP) is 3.43. The number of hydrogen-bond acceptors (Lipinski definition) is 3. The van der Waals surface area contributed by atoms with Gasteiger partial charge < -0.3 is 9.72 Å². The van der Waals surface area contributed by atoms with Crippen molar-refractivity contribution in [3.63, 3.8) is 0 Å². The first kappa shape index (κ1) is 14.9. The second-order valence-corrected chi connectivity index (χ2v) is 6.69. The maximum Gasteiger partial charge on any atom is 0.410 e. The zero-order valence-electron chi connectivity index (χ0n) is 13.1. The van der Waals surface area contributed by atoms with E-state index in [1.807, 2.05) is 38.8 Å². The Morgan fingerprint density at radius 2 is 2.20 bits per heavy atom. The van der Waals surface area contributed by atoms with E-state index in [1.54, 1.807) is 0 Å². The van der Waals surface area contributed by atoms with Crippen molar-refractivity contribution in [1.82, 2.24) is 14.9 Å². The van der Waals surface area contributed by atoms with Gasteiger partial charge in [0, 0.05) is 18.4 Å². The number of rotatable bonds is 1. The fourth-order valence-electron chi connectivity index (χ4n) is 2.71. The molecular weight excluding hydrogens is 254 g/mol. The number of likely N-dealkylation sites (tertiary alicyclic amines) is 1. The largest absolute Gasteiger partial charge is 0.444 e. The van der Waals surface area contributed by atoms with Crippen LogP contribution >= 0.6 is 0 Å². The topological polar surface area (TPSA) is 58.2 Å². The summed E-state index contributed by atoms with van der Waals surface area (Å²) in [6.07, 6.45) is 3.67. The molecule has 1 N–H and O–H groups in total. The maximum atomic E-state index is 12.4. The van der Waals surface area contributed by atoms with Crippen LogP contribution in [0.3, 0.4) is 0 Å². The van der Waals surface area contributed by atoms with Gasteiger partial charge in [-0.3, -0.25) is 4.90 Å². The first-order valence-electron chi connectivity index (χ1n) is 7.29. The minimum atomic E-state index is -0.471. The Bertz CT molecular complexity index is 476. The van der Waals surface area contributed by atoms with E-state index in [4.69, 9.17) is 4.74 Å². The van der Waals surface area contributed by atoms with Gasteiger partial charge in [-0.1, -0.05) is 6.92 Å². The Morgan fingerprint density at radius 1 is 1.50 bits per heavy atom. The van der Waals surface area contributed by atoms with Gasteiger partial charge in [0.1, 0.15) is 11.4 Å². The van der Waals surface area contributed by atoms with E-state index < -0.39 is 5.60 Å². The number of H-pyrrole nitrogens is 1. The molecule has 2 unspecified atom stereocenters. The lowest BCUT2D eigenvalue weighted by atomic mass is 9.90. The zero-order chi connectivity index (χ0) is 14.9. The number of nitrogens with one attached hydrogen (secondary N) is 1. The van der Waals surface area contributed by atoms with Crippen LogP contribution in [0.15, 0.2) is 6.20 Å². The second-order valence-electron chi connectivity index (χ2n) is 6.69. The summed E-state index contributed by atoms with van der Waals surface area (Å²) in [7, 11) is 0. The molecule has 1 aliphatic heterocycles. The Labute approximate surface area is 120 Å². The van der Waals surface area contributed by atoms with Crippen molar-refractivity contribution >= 4 is 6.09 Å². The van der Waals surface area contributed by atoms with Crippen LogP contribution in [0.5, 0.6) is 0 Å². The van der Waals surface area contributed by atoms with Gasteiger partial charge in [0.05, 0.1) is 6.04 Å². The fourth-order valence-corrected chi connectivity index (χ4v) is 2.71. The molecule has 0 spiro atoms. The summed E-state index contributed by atoms with van der Waals surface area (Å²) in [6, 6.07) is -0.0210. The lowest BCUT2D eigenvalue weighted by molar-refractivity contribution is -0.000206. The molecule has 1 aromatic heterocycles. The summed E-state index contributed by atoms with van der Waals surface area (Å²) in [6.45, 7) is 10.5. The highest BCUT2D eigenvalue weighted by Gasteiger charge is 2.37. The minimum absolute atomic E-state index is 0.0210. The van der Waals surface area contributed by atoms with Gasteiger partial charge in [0.25, 0.3) is 0 Å². The number of aromatic amines is 1. The third-order valence-corrected chi connectivity index (χ3v) is 3.56. The Balaban J connectivity index is 2.22. The molecule has 0 aromatic carbocycles. The first-order chi connectivity index (χ1) is 9.28. The quantitative estimate of drug-likeness (QED) is 0.856. The molecule has 1 amide bonds. The Kier molecular flexibility index (Phi) is 4.06. The van der Waals surface area contributed by atoms with Crippen LogP contribution in [0.25, 0.3) is 0 Å². The summed E-state index contributed by atoms with van der Waals surface area (Å²) in [5.41, 5.74) is 0.545. The van der Waals surface area contributed by atoms with Crippen molar-refractivity contribution in [3.8, 4) is 0 Å². The molecule has 0 radical (unpaired) electrons. The molecule has 2 rings (SSSR count). The number of imidazole rings is 1. The van der Waals surface area contributed by atoms with E-state index in [9.17, 15) is 4.79 Å². The van der Waals surface area contributed by atoms with Crippen LogP contribution in [0.4, 0.5) is 4.79 Å². The number of hydrogen-bond donors (Lipinski definition) is 1. The van der Waals surface area contributed by atoms with Crippen molar-refractivity contribution in [2.45, 2.75) is 59.1 Å². The van der Waals surface area contributed by atoms with Crippen molar-refractivity contribution in [3.05, 3.63) is 17.7 Å². The average molecular weight is 279 g/mol. The number of aryl methyl sites for hydroxylation is 1. The summed E-state index contributed by atoms with van der Waals surface area (Å²) < 4.78 is 5.53. The van der Waals surface area contributed by atoms with Crippen molar-refractivity contribution in [2.24, 2.45) is 5.92 Å². The molecule has 0 saturated carbocycles. The van der Waals surface area contributed by atoms with Crippen molar-refractivity contribution in [1.29, 1.82) is 0 Å². The number of aromatic nitrogens is 2. The number of nitrogens with zero attached hydrogens (tertiary/aromatic N) is 2. The number of carbonyl (C=O) groups is 1. The number of piperidine rings is 1. The zero-order valence-corrected chi connectivity index (χ0v) is 13.1. The third kappa shape index (κ3) is 3.32. The van der Waals surface area contributed by atoms with E-state index in [2.05, 4.69) is 16.9 Å². The molecule has 5 heteroatoms. The van der Waals surface area contributed by atoms with Crippen molar-refractivity contribution in [2.75, 3.05) is 6.54 Å². The number of carbonyl (C=O) groups excluding carboxylic acids is 1. The van der Waals surface area contributed by atoms with E-state index in [0.29, 0.717) is 5.92 Å². The summed E-state index contributed by atoms with van der Waals surface area (Å²) >= 11 is 0. The van der Waals surface area contributed by atoms with E-state index >= 15 is 0 Å². The molecule has 1 aromatic rings. The molecule has 0 aliphatic carbocycles. The van der Waals surface area contributed by atoms with Gasteiger partial charge in [0.2, 0.25) is 0 Å². The van der Waals surface area contributed by atoms with E-state index in [1.165, 1.54) is 0 Å². The summed E-state index contributed by atoms with van der Waals surface area (Å²) in [4.78, 5) is 21.9. The predicted molar refractivity (Wildman–Crippen MR) is 77.4 cm³/mol. The van der Waals surface area contributed by atoms with Crippen LogP contribution in [-0.4, -0.2) is 33.1 Å². The maximum absolute atomic E-state index is 12.4. The second kappa shape index (κ2) is 5.46. The molecule has 1 saturated heterocycles. The highest BCUT2D eigenvalue weighted by molar-refractivity contribution is 5.69. The molecule has 2 atom stereocenters.